The third-order valence-electron chi connectivity index (χ3n) is 4.81. The second-order valence-electron chi connectivity index (χ2n) is 7.11. The Morgan fingerprint density at radius 1 is 1.17 bits per heavy atom. The highest BCUT2D eigenvalue weighted by atomic mass is 32.1. The van der Waals surface area contributed by atoms with Crippen LogP contribution in [-0.4, -0.2) is 64.0 Å². The fraction of sp³-hybridized carbons (Fsp3) is 0.444. The van der Waals surface area contributed by atoms with Gasteiger partial charge < -0.3 is 20.6 Å². The maximum Gasteiger partial charge on any atom is 0.322 e. The van der Waals surface area contributed by atoms with Crippen LogP contribution >= 0.6 is 22.7 Å². The summed E-state index contributed by atoms with van der Waals surface area (Å²) in [6, 6.07) is 1.93. The number of carboxylic acids is 1. The van der Waals surface area contributed by atoms with Gasteiger partial charge in [0.15, 0.2) is 10.3 Å². The van der Waals surface area contributed by atoms with Gasteiger partial charge in [-0.1, -0.05) is 22.7 Å². The number of benzene rings is 1. The number of thiazole rings is 2. The number of nitrogens with one attached hydrogen (secondary N) is 2. The quantitative estimate of drug-likeness (QED) is 0.523. The number of aryl methyl sites for hydroxylation is 1. The van der Waals surface area contributed by atoms with Crippen molar-refractivity contribution in [1.82, 2.24) is 14.9 Å². The minimum Gasteiger partial charge on any atom is -0.480 e. The largest absolute Gasteiger partial charge is 0.480 e. The number of likely N-dealkylation sites (tertiary alicyclic amines) is 1. The predicted octanol–water partition coefficient (Wildman–Crippen LogP) is 3.38. The van der Waals surface area contributed by atoms with E-state index in [4.69, 9.17) is 5.11 Å². The van der Waals surface area contributed by atoms with Crippen molar-refractivity contribution >= 4 is 65.2 Å². The van der Waals surface area contributed by atoms with Crippen molar-refractivity contribution < 1.29 is 23.5 Å². The zero-order valence-corrected chi connectivity index (χ0v) is 17.6. The maximum absolute atomic E-state index is 13.5. The molecule has 1 amide bonds. The summed E-state index contributed by atoms with van der Waals surface area (Å²) in [5, 5.41) is 15.6. The van der Waals surface area contributed by atoms with E-state index >= 15 is 0 Å². The lowest BCUT2D eigenvalue weighted by atomic mass is 10.1. The summed E-state index contributed by atoms with van der Waals surface area (Å²) >= 11 is 2.72. The van der Waals surface area contributed by atoms with Crippen molar-refractivity contribution in [3.05, 3.63) is 11.6 Å². The van der Waals surface area contributed by atoms with E-state index in [0.717, 1.165) is 26.0 Å². The van der Waals surface area contributed by atoms with E-state index in [1.807, 2.05) is 13.0 Å². The Morgan fingerprint density at radius 2 is 1.77 bits per heavy atom. The second-order valence-corrected chi connectivity index (χ2v) is 9.17. The van der Waals surface area contributed by atoms with Crippen LogP contribution in [0.1, 0.15) is 18.4 Å². The standard InChI is InChI=1S/C18H19F2N5O3S2/c1-9-14-10(5-11-15(9)24-17(30-11)22-7-13(27)28)29-16(23-14)21-6-12(26)25-4-2-3-18(19,20)8-25/h5H,2-4,6-8H2,1H3,(H,21,23)(H,22,24)(H,27,28). The highest BCUT2D eigenvalue weighted by Gasteiger charge is 2.36. The van der Waals surface area contributed by atoms with E-state index in [9.17, 15) is 18.4 Å². The summed E-state index contributed by atoms with van der Waals surface area (Å²) in [6.45, 7) is 1.39. The molecule has 0 atom stereocenters. The van der Waals surface area contributed by atoms with Crippen LogP contribution in [-0.2, 0) is 9.59 Å². The second kappa shape index (κ2) is 7.91. The van der Waals surface area contributed by atoms with Gasteiger partial charge in [0.25, 0.3) is 5.92 Å². The molecule has 3 N–H and O–H groups in total. The molecule has 1 saturated heterocycles. The number of halogens is 2. The van der Waals surface area contributed by atoms with Crippen molar-refractivity contribution in [2.24, 2.45) is 0 Å². The van der Waals surface area contributed by atoms with Gasteiger partial charge in [0.05, 0.1) is 33.5 Å². The molecule has 0 aliphatic carbocycles. The highest BCUT2D eigenvalue weighted by Crippen LogP contribution is 2.37. The lowest BCUT2D eigenvalue weighted by molar-refractivity contribution is -0.139. The Kier molecular flexibility index (Phi) is 5.45. The Hall–Kier alpha value is -2.60. The Balaban J connectivity index is 1.48. The number of anilines is 2. The van der Waals surface area contributed by atoms with Gasteiger partial charge in [-0.05, 0) is 19.4 Å². The molecule has 0 spiro atoms. The minimum absolute atomic E-state index is 0.0924. The van der Waals surface area contributed by atoms with E-state index in [-0.39, 0.29) is 25.4 Å². The molecule has 1 aromatic carbocycles. The molecule has 2 aromatic heterocycles. The van der Waals surface area contributed by atoms with Gasteiger partial charge in [0, 0.05) is 18.5 Å². The molecule has 0 unspecified atom stereocenters. The van der Waals surface area contributed by atoms with E-state index in [2.05, 4.69) is 20.6 Å². The number of carboxylic acid groups (broad SMARTS) is 1. The zero-order valence-electron chi connectivity index (χ0n) is 16.0. The first-order valence-electron chi connectivity index (χ1n) is 9.28. The first-order valence-corrected chi connectivity index (χ1v) is 10.9. The number of nitrogens with zero attached hydrogens (tertiary/aromatic N) is 3. The molecule has 8 nitrogen and oxygen atoms in total. The number of alkyl halides is 2. The first-order chi connectivity index (χ1) is 14.2. The molecule has 160 valence electrons. The van der Waals surface area contributed by atoms with E-state index in [1.165, 1.54) is 27.6 Å². The summed E-state index contributed by atoms with van der Waals surface area (Å²) in [5.74, 6) is -4.16. The number of amides is 1. The molecule has 1 aliphatic heterocycles. The normalized spacial score (nSPS) is 16.2. The fourth-order valence-electron chi connectivity index (χ4n) is 3.37. The molecule has 0 saturated carbocycles. The molecule has 1 fully saturated rings. The average molecular weight is 456 g/mol. The zero-order chi connectivity index (χ0) is 21.5. The molecular formula is C18H19F2N5O3S2. The van der Waals surface area contributed by atoms with Gasteiger partial charge in [-0.3, -0.25) is 9.59 Å². The molecular weight excluding hydrogens is 436 g/mol. The third-order valence-corrected chi connectivity index (χ3v) is 6.73. The SMILES string of the molecule is Cc1c2nc(NCC(=O)O)sc2cc2sc(NCC(=O)N3CCCC(F)(F)C3)nc12. The minimum atomic E-state index is -2.82. The number of fused-ring (bicyclic) bond motifs is 2. The number of carbonyl (C=O) groups is 2. The van der Waals surface area contributed by atoms with Crippen molar-refractivity contribution in [3.8, 4) is 0 Å². The molecule has 30 heavy (non-hydrogen) atoms. The van der Waals surface area contributed by atoms with Crippen molar-refractivity contribution in [2.75, 3.05) is 36.8 Å². The number of hydrogen-bond acceptors (Lipinski definition) is 8. The van der Waals surface area contributed by atoms with E-state index < -0.39 is 18.4 Å². The van der Waals surface area contributed by atoms with Gasteiger partial charge in [-0.15, -0.1) is 0 Å². The number of hydrogen-bond donors (Lipinski definition) is 3. The van der Waals surface area contributed by atoms with E-state index in [0.29, 0.717) is 23.2 Å². The van der Waals surface area contributed by atoms with Crippen LogP contribution in [0.2, 0.25) is 0 Å². The molecule has 0 radical (unpaired) electrons. The van der Waals surface area contributed by atoms with Gasteiger partial charge in [0.2, 0.25) is 5.91 Å². The van der Waals surface area contributed by atoms with Crippen LogP contribution in [0.25, 0.3) is 20.4 Å². The molecule has 0 bridgehead atoms. The van der Waals surface area contributed by atoms with Crippen LogP contribution < -0.4 is 10.6 Å². The van der Waals surface area contributed by atoms with Gasteiger partial charge in [-0.2, -0.15) is 0 Å². The van der Waals surface area contributed by atoms with Gasteiger partial charge in [0.1, 0.15) is 6.54 Å². The lowest BCUT2D eigenvalue weighted by Gasteiger charge is -2.32. The third kappa shape index (κ3) is 4.29. The van der Waals surface area contributed by atoms with Crippen LogP contribution in [0.5, 0.6) is 0 Å². The molecule has 4 rings (SSSR count). The van der Waals surface area contributed by atoms with Crippen molar-refractivity contribution in [3.63, 3.8) is 0 Å². The molecule has 1 aliphatic rings. The first kappa shape index (κ1) is 20.7. The summed E-state index contributed by atoms with van der Waals surface area (Å²) in [7, 11) is 0. The molecule has 3 heterocycles. The lowest BCUT2D eigenvalue weighted by Crippen LogP contribution is -2.47. The molecule has 12 heteroatoms. The van der Waals surface area contributed by atoms with Crippen LogP contribution in [0.4, 0.5) is 19.0 Å². The number of carbonyl (C=O) groups excluding carboxylic acids is 1. The van der Waals surface area contributed by atoms with Crippen LogP contribution in [0.15, 0.2) is 6.07 Å². The van der Waals surface area contributed by atoms with Crippen LogP contribution in [0, 0.1) is 6.92 Å². The van der Waals surface area contributed by atoms with Crippen LogP contribution in [0.3, 0.4) is 0 Å². The summed E-state index contributed by atoms with van der Waals surface area (Å²) in [6.07, 6.45) is 0.117. The summed E-state index contributed by atoms with van der Waals surface area (Å²) in [4.78, 5) is 33.2. The summed E-state index contributed by atoms with van der Waals surface area (Å²) in [5.41, 5.74) is 2.33. The van der Waals surface area contributed by atoms with E-state index in [1.54, 1.807) is 0 Å². The number of aliphatic carboxylic acids is 1. The van der Waals surface area contributed by atoms with Crippen molar-refractivity contribution in [2.45, 2.75) is 25.7 Å². The predicted molar refractivity (Wildman–Crippen MR) is 113 cm³/mol. The van der Waals surface area contributed by atoms with Crippen molar-refractivity contribution in [1.29, 1.82) is 0 Å². The monoisotopic (exact) mass is 455 g/mol. The average Bonchev–Trinajstić information content (AvgIpc) is 3.28. The maximum atomic E-state index is 13.5. The Bertz CT molecular complexity index is 1130. The van der Waals surface area contributed by atoms with Gasteiger partial charge >= 0.3 is 5.97 Å². The summed E-state index contributed by atoms with van der Waals surface area (Å²) < 4.78 is 28.8. The number of piperidine rings is 1. The number of rotatable bonds is 6. The Labute approximate surface area is 177 Å². The van der Waals surface area contributed by atoms with Gasteiger partial charge in [-0.25, -0.2) is 18.7 Å². The smallest absolute Gasteiger partial charge is 0.322 e. The highest BCUT2D eigenvalue weighted by molar-refractivity contribution is 7.24. The Morgan fingerprint density at radius 3 is 2.33 bits per heavy atom. The number of aromatic nitrogens is 2. The topological polar surface area (TPSA) is 107 Å². The fourth-order valence-corrected chi connectivity index (χ4v) is 5.37. The molecule has 3 aromatic rings.